The molecule has 3 heterocycles. The predicted octanol–water partition coefficient (Wildman–Crippen LogP) is 3.24. The number of nitrogens with zero attached hydrogens (tertiary/aromatic N) is 4. The smallest absolute Gasteiger partial charge is 0.410 e. The molecule has 8 heteroatoms. The molecule has 29 heavy (non-hydrogen) atoms. The van der Waals surface area contributed by atoms with Crippen LogP contribution in [-0.2, 0) is 9.53 Å². The van der Waals surface area contributed by atoms with Crippen molar-refractivity contribution in [3.8, 4) is 0 Å². The van der Waals surface area contributed by atoms with E-state index in [9.17, 15) is 9.59 Å². The lowest BCUT2D eigenvalue weighted by atomic mass is 9.75. The van der Waals surface area contributed by atoms with Gasteiger partial charge in [-0.25, -0.2) is 9.78 Å². The molecule has 0 spiro atoms. The molecule has 2 saturated heterocycles. The van der Waals surface area contributed by atoms with E-state index < -0.39 is 17.7 Å². The van der Waals surface area contributed by atoms with Gasteiger partial charge in [-0.1, -0.05) is 13.8 Å². The van der Waals surface area contributed by atoms with Crippen LogP contribution in [-0.4, -0.2) is 68.3 Å². The van der Waals surface area contributed by atoms with Gasteiger partial charge in [-0.3, -0.25) is 14.8 Å². The third-order valence-corrected chi connectivity index (χ3v) is 5.85. The Hall–Kier alpha value is -2.12. The Labute approximate surface area is 173 Å². The van der Waals surface area contributed by atoms with Crippen molar-refractivity contribution in [2.24, 2.45) is 5.41 Å². The van der Waals surface area contributed by atoms with Gasteiger partial charge in [0.05, 0.1) is 0 Å². The molecule has 8 nitrogen and oxygen atoms in total. The third-order valence-electron chi connectivity index (χ3n) is 5.85. The van der Waals surface area contributed by atoms with Crippen LogP contribution in [0.2, 0.25) is 0 Å². The van der Waals surface area contributed by atoms with E-state index in [0.29, 0.717) is 19.6 Å². The van der Waals surface area contributed by atoms with Crippen LogP contribution in [0.15, 0.2) is 0 Å². The molecule has 3 rings (SSSR count). The van der Waals surface area contributed by atoms with E-state index in [1.54, 1.807) is 4.90 Å². The van der Waals surface area contributed by atoms with Gasteiger partial charge in [0, 0.05) is 25.6 Å². The number of carbonyl (C=O) groups excluding carboxylic acids is 2. The van der Waals surface area contributed by atoms with Crippen molar-refractivity contribution < 1.29 is 14.3 Å². The highest BCUT2D eigenvalue weighted by Gasteiger charge is 2.47. The van der Waals surface area contributed by atoms with E-state index in [0.717, 1.165) is 37.3 Å². The number of aromatic nitrogens is 3. The number of ether oxygens (including phenoxy) is 1. The van der Waals surface area contributed by atoms with Crippen LogP contribution < -0.4 is 0 Å². The first kappa shape index (κ1) is 21.6. The first-order valence-electron chi connectivity index (χ1n) is 10.7. The summed E-state index contributed by atoms with van der Waals surface area (Å²) in [6.45, 7) is 13.4. The summed E-state index contributed by atoms with van der Waals surface area (Å²) >= 11 is 0. The standard InChI is InChI=1S/C21H35N5O3/c1-14-22-17(24-23-14)15-9-7-11-25(13-15)18(27)16-21(5,6)10-8-12-26(16)19(28)29-20(2,3)4/h15-16H,7-13H2,1-6H3,(H,22,23,24)/t15-,16-/m1/s1. The highest BCUT2D eigenvalue weighted by atomic mass is 16.6. The second-order valence-corrected chi connectivity index (χ2v) is 10.1. The minimum absolute atomic E-state index is 0.0116. The lowest BCUT2D eigenvalue weighted by Gasteiger charge is -2.47. The van der Waals surface area contributed by atoms with Crippen LogP contribution >= 0.6 is 0 Å². The summed E-state index contributed by atoms with van der Waals surface area (Å²) < 4.78 is 5.62. The van der Waals surface area contributed by atoms with Crippen molar-refractivity contribution in [2.75, 3.05) is 19.6 Å². The monoisotopic (exact) mass is 405 g/mol. The number of hydrogen-bond donors (Lipinski definition) is 1. The van der Waals surface area contributed by atoms with Crippen LogP contribution in [0.3, 0.4) is 0 Å². The fourth-order valence-corrected chi connectivity index (χ4v) is 4.48. The van der Waals surface area contributed by atoms with Gasteiger partial charge >= 0.3 is 6.09 Å². The summed E-state index contributed by atoms with van der Waals surface area (Å²) in [5, 5.41) is 7.20. The molecule has 162 valence electrons. The first-order valence-corrected chi connectivity index (χ1v) is 10.7. The van der Waals surface area contributed by atoms with Crippen molar-refractivity contribution in [2.45, 2.75) is 84.8 Å². The van der Waals surface area contributed by atoms with Crippen molar-refractivity contribution >= 4 is 12.0 Å². The highest BCUT2D eigenvalue weighted by Crippen LogP contribution is 2.38. The molecule has 2 fully saturated rings. The lowest BCUT2D eigenvalue weighted by Crippen LogP contribution is -2.61. The van der Waals surface area contributed by atoms with Crippen LogP contribution in [0.4, 0.5) is 4.79 Å². The largest absolute Gasteiger partial charge is 0.444 e. The summed E-state index contributed by atoms with van der Waals surface area (Å²) in [6, 6.07) is -0.515. The zero-order chi connectivity index (χ0) is 21.4. The van der Waals surface area contributed by atoms with E-state index in [1.165, 1.54) is 0 Å². The maximum absolute atomic E-state index is 13.7. The molecule has 1 N–H and O–H groups in total. The summed E-state index contributed by atoms with van der Waals surface area (Å²) in [7, 11) is 0. The molecule has 0 radical (unpaired) electrons. The fourth-order valence-electron chi connectivity index (χ4n) is 4.48. The second kappa shape index (κ2) is 7.95. The predicted molar refractivity (Wildman–Crippen MR) is 109 cm³/mol. The minimum Gasteiger partial charge on any atom is -0.444 e. The average Bonchev–Trinajstić information content (AvgIpc) is 3.05. The van der Waals surface area contributed by atoms with Crippen LogP contribution in [0.25, 0.3) is 0 Å². The second-order valence-electron chi connectivity index (χ2n) is 10.1. The number of nitrogens with one attached hydrogen (secondary N) is 1. The number of aromatic amines is 1. The third kappa shape index (κ3) is 4.90. The summed E-state index contributed by atoms with van der Waals surface area (Å²) in [5.74, 6) is 1.69. The number of carbonyl (C=O) groups is 2. The zero-order valence-electron chi connectivity index (χ0n) is 18.6. The first-order chi connectivity index (χ1) is 13.5. The summed E-state index contributed by atoms with van der Waals surface area (Å²) in [4.78, 5) is 34.6. The Kier molecular flexibility index (Phi) is 5.92. The van der Waals surface area contributed by atoms with Gasteiger partial charge < -0.3 is 9.64 Å². The Morgan fingerprint density at radius 3 is 2.55 bits per heavy atom. The number of H-pyrrole nitrogens is 1. The molecule has 1 aromatic rings. The molecule has 2 atom stereocenters. The lowest BCUT2D eigenvalue weighted by molar-refractivity contribution is -0.145. The Morgan fingerprint density at radius 1 is 1.21 bits per heavy atom. The number of amides is 2. The average molecular weight is 406 g/mol. The molecule has 1 aromatic heterocycles. The number of piperidine rings is 2. The van der Waals surface area contributed by atoms with Gasteiger partial charge in [0.25, 0.3) is 0 Å². The topological polar surface area (TPSA) is 91.4 Å². The van der Waals surface area contributed by atoms with Gasteiger partial charge in [0.1, 0.15) is 17.5 Å². The van der Waals surface area contributed by atoms with Crippen molar-refractivity contribution in [1.29, 1.82) is 0 Å². The number of aryl methyl sites for hydroxylation is 1. The van der Waals surface area contributed by atoms with E-state index in [2.05, 4.69) is 29.0 Å². The van der Waals surface area contributed by atoms with E-state index >= 15 is 0 Å². The quantitative estimate of drug-likeness (QED) is 0.815. The molecular formula is C21H35N5O3. The van der Waals surface area contributed by atoms with Gasteiger partial charge in [-0.05, 0) is 58.8 Å². The molecule has 0 aromatic carbocycles. The molecule has 2 aliphatic rings. The van der Waals surface area contributed by atoms with Crippen LogP contribution in [0.1, 0.15) is 77.9 Å². The zero-order valence-corrected chi connectivity index (χ0v) is 18.6. The van der Waals surface area contributed by atoms with Crippen LogP contribution in [0.5, 0.6) is 0 Å². The van der Waals surface area contributed by atoms with E-state index in [1.807, 2.05) is 32.6 Å². The molecular weight excluding hydrogens is 370 g/mol. The molecule has 2 amide bonds. The Morgan fingerprint density at radius 2 is 1.93 bits per heavy atom. The number of rotatable bonds is 2. The molecule has 0 saturated carbocycles. The number of hydrogen-bond acceptors (Lipinski definition) is 5. The molecule has 0 bridgehead atoms. The molecule has 2 aliphatic heterocycles. The molecule has 0 unspecified atom stereocenters. The van der Waals surface area contributed by atoms with Gasteiger partial charge in [-0.2, -0.15) is 5.10 Å². The van der Waals surface area contributed by atoms with Gasteiger partial charge in [-0.15, -0.1) is 0 Å². The highest BCUT2D eigenvalue weighted by molar-refractivity contribution is 5.87. The van der Waals surface area contributed by atoms with Gasteiger partial charge in [0.2, 0.25) is 5.91 Å². The normalized spacial score (nSPS) is 25.0. The van der Waals surface area contributed by atoms with Gasteiger partial charge in [0.15, 0.2) is 5.82 Å². The SMILES string of the molecule is Cc1nc([C@@H]2CCCN(C(=O)[C@H]3N(C(=O)OC(C)(C)C)CCCC3(C)C)C2)n[nH]1. The number of likely N-dealkylation sites (tertiary alicyclic amines) is 2. The fraction of sp³-hybridized carbons (Fsp3) is 0.810. The Balaban J connectivity index is 1.80. The van der Waals surface area contributed by atoms with Crippen LogP contribution in [0, 0.1) is 12.3 Å². The van der Waals surface area contributed by atoms with Crippen molar-refractivity contribution in [3.63, 3.8) is 0 Å². The summed E-state index contributed by atoms with van der Waals surface area (Å²) in [6.07, 6.45) is 3.24. The van der Waals surface area contributed by atoms with Crippen molar-refractivity contribution in [3.05, 3.63) is 11.6 Å². The molecule has 0 aliphatic carbocycles. The minimum atomic E-state index is -0.591. The van der Waals surface area contributed by atoms with Crippen molar-refractivity contribution in [1.82, 2.24) is 25.0 Å². The maximum atomic E-state index is 13.7. The van der Waals surface area contributed by atoms with E-state index in [-0.39, 0.29) is 17.2 Å². The summed E-state index contributed by atoms with van der Waals surface area (Å²) in [5.41, 5.74) is -0.897. The van der Waals surface area contributed by atoms with E-state index in [4.69, 9.17) is 4.74 Å². The Bertz CT molecular complexity index is 752. The maximum Gasteiger partial charge on any atom is 0.410 e.